The zero-order valence-electron chi connectivity index (χ0n) is 9.22. The number of alkyl halides is 3. The lowest BCUT2D eigenvalue weighted by Gasteiger charge is -2.30. The molecule has 1 fully saturated rings. The number of carbonyl (C=O) groups excluding carboxylic acids is 1. The summed E-state index contributed by atoms with van der Waals surface area (Å²) in [7, 11) is 1.49. The summed E-state index contributed by atoms with van der Waals surface area (Å²) in [6.07, 6.45) is -0.493. The molecule has 0 aromatic carbocycles. The minimum absolute atomic E-state index is 0.0227. The number of hydrogen-bond donors (Lipinski definition) is 0. The van der Waals surface area contributed by atoms with Gasteiger partial charge in [-0.15, -0.1) is 0 Å². The van der Waals surface area contributed by atoms with Gasteiger partial charge in [0.2, 0.25) is 0 Å². The lowest BCUT2D eigenvalue weighted by atomic mass is 9.95. The average Bonchev–Trinajstić information content (AvgIpc) is 2.25. The van der Waals surface area contributed by atoms with Crippen molar-refractivity contribution in [1.82, 2.24) is 4.90 Å². The first-order chi connectivity index (χ1) is 7.40. The Labute approximate surface area is 92.5 Å². The largest absolute Gasteiger partial charge is 0.440 e. The topological polar surface area (TPSA) is 29.5 Å². The van der Waals surface area contributed by atoms with Crippen LogP contribution in [0, 0.1) is 0 Å². The van der Waals surface area contributed by atoms with Crippen molar-refractivity contribution in [1.29, 1.82) is 0 Å². The molecule has 0 bridgehead atoms. The number of carbonyl (C=O) groups is 1. The summed E-state index contributed by atoms with van der Waals surface area (Å²) in [5.41, 5.74) is 0. The molecule has 6 heteroatoms. The van der Waals surface area contributed by atoms with Gasteiger partial charge in [0.05, 0.1) is 0 Å². The van der Waals surface area contributed by atoms with Crippen LogP contribution in [-0.2, 0) is 4.74 Å². The smallest absolute Gasteiger partial charge is 0.422 e. The summed E-state index contributed by atoms with van der Waals surface area (Å²) in [5, 5.41) is 0. The fraction of sp³-hybridized carbons (Fsp3) is 0.900. The molecule has 1 aliphatic carbocycles. The van der Waals surface area contributed by atoms with Crippen LogP contribution in [0.1, 0.15) is 32.1 Å². The van der Waals surface area contributed by atoms with E-state index in [2.05, 4.69) is 4.74 Å². The molecular formula is C10H16F3NO2. The van der Waals surface area contributed by atoms with Gasteiger partial charge in [0.25, 0.3) is 0 Å². The van der Waals surface area contributed by atoms with E-state index in [9.17, 15) is 18.0 Å². The molecule has 0 atom stereocenters. The highest BCUT2D eigenvalue weighted by molar-refractivity contribution is 5.67. The maximum Gasteiger partial charge on any atom is 0.422 e. The summed E-state index contributed by atoms with van der Waals surface area (Å²) >= 11 is 0. The van der Waals surface area contributed by atoms with Crippen LogP contribution in [0.25, 0.3) is 0 Å². The molecule has 0 radical (unpaired) electrons. The normalized spacial score (nSPS) is 18.2. The Morgan fingerprint density at radius 3 is 2.38 bits per heavy atom. The van der Waals surface area contributed by atoms with Crippen LogP contribution in [0.5, 0.6) is 0 Å². The van der Waals surface area contributed by atoms with E-state index in [0.29, 0.717) is 0 Å². The van der Waals surface area contributed by atoms with Crippen LogP contribution in [0.4, 0.5) is 18.0 Å². The number of nitrogens with zero attached hydrogens (tertiary/aromatic N) is 1. The second-order valence-electron chi connectivity index (χ2n) is 4.07. The van der Waals surface area contributed by atoms with Gasteiger partial charge >= 0.3 is 12.3 Å². The third kappa shape index (κ3) is 4.28. The minimum atomic E-state index is -4.46. The minimum Gasteiger partial charge on any atom is -0.440 e. The van der Waals surface area contributed by atoms with Gasteiger partial charge in [-0.2, -0.15) is 13.2 Å². The molecule has 0 aliphatic heterocycles. The Kier molecular flexibility index (Phi) is 4.44. The average molecular weight is 239 g/mol. The molecule has 3 nitrogen and oxygen atoms in total. The van der Waals surface area contributed by atoms with Crippen LogP contribution in [0.3, 0.4) is 0 Å². The van der Waals surface area contributed by atoms with Crippen molar-refractivity contribution in [2.75, 3.05) is 13.7 Å². The van der Waals surface area contributed by atoms with Gasteiger partial charge in [0, 0.05) is 13.1 Å². The third-order valence-electron chi connectivity index (χ3n) is 2.77. The predicted octanol–water partition coefficient (Wildman–Crippen LogP) is 2.95. The maximum atomic E-state index is 11.8. The van der Waals surface area contributed by atoms with E-state index in [0.717, 1.165) is 32.1 Å². The molecule has 1 aliphatic rings. The Hall–Kier alpha value is -0.940. The number of ether oxygens (including phenoxy) is 1. The third-order valence-corrected chi connectivity index (χ3v) is 2.77. The molecule has 1 amide bonds. The van der Waals surface area contributed by atoms with Crippen molar-refractivity contribution in [3.63, 3.8) is 0 Å². The molecule has 1 rings (SSSR count). The lowest BCUT2D eigenvalue weighted by Crippen LogP contribution is -2.39. The molecule has 0 saturated heterocycles. The van der Waals surface area contributed by atoms with E-state index in [1.807, 2.05) is 0 Å². The zero-order valence-corrected chi connectivity index (χ0v) is 9.22. The second-order valence-corrected chi connectivity index (χ2v) is 4.07. The number of halogens is 3. The van der Waals surface area contributed by atoms with Gasteiger partial charge in [-0.1, -0.05) is 19.3 Å². The van der Waals surface area contributed by atoms with Crippen LogP contribution in [0.2, 0.25) is 0 Å². The molecular weight excluding hydrogens is 223 g/mol. The Bertz CT molecular complexity index is 237. The summed E-state index contributed by atoms with van der Waals surface area (Å²) in [6, 6.07) is 0.0227. The van der Waals surface area contributed by atoms with E-state index in [1.165, 1.54) is 11.9 Å². The molecule has 94 valence electrons. The van der Waals surface area contributed by atoms with E-state index >= 15 is 0 Å². The number of rotatable bonds is 2. The van der Waals surface area contributed by atoms with Crippen molar-refractivity contribution in [2.24, 2.45) is 0 Å². The molecule has 0 aromatic heterocycles. The lowest BCUT2D eigenvalue weighted by molar-refractivity contribution is -0.162. The van der Waals surface area contributed by atoms with Crippen molar-refractivity contribution >= 4 is 6.09 Å². The van der Waals surface area contributed by atoms with Crippen LogP contribution in [0.15, 0.2) is 0 Å². The quantitative estimate of drug-likeness (QED) is 0.741. The van der Waals surface area contributed by atoms with Gasteiger partial charge in [-0.05, 0) is 12.8 Å². The van der Waals surface area contributed by atoms with Gasteiger partial charge in [-0.25, -0.2) is 4.79 Å². The fourth-order valence-electron chi connectivity index (χ4n) is 1.86. The molecule has 0 N–H and O–H groups in total. The number of amides is 1. The molecule has 0 spiro atoms. The van der Waals surface area contributed by atoms with E-state index in [1.54, 1.807) is 0 Å². The van der Waals surface area contributed by atoms with Gasteiger partial charge in [-0.3, -0.25) is 0 Å². The molecule has 0 aromatic rings. The van der Waals surface area contributed by atoms with Gasteiger partial charge in [0.1, 0.15) is 0 Å². The summed E-state index contributed by atoms with van der Waals surface area (Å²) in [6.45, 7) is -1.51. The predicted molar refractivity (Wildman–Crippen MR) is 52.0 cm³/mol. The summed E-state index contributed by atoms with van der Waals surface area (Å²) in [4.78, 5) is 12.6. The Morgan fingerprint density at radius 1 is 1.31 bits per heavy atom. The summed E-state index contributed by atoms with van der Waals surface area (Å²) < 4.78 is 39.7. The van der Waals surface area contributed by atoms with Gasteiger partial charge < -0.3 is 9.64 Å². The van der Waals surface area contributed by atoms with Crippen molar-refractivity contribution in [3.8, 4) is 0 Å². The monoisotopic (exact) mass is 239 g/mol. The van der Waals surface area contributed by atoms with Crippen LogP contribution < -0.4 is 0 Å². The maximum absolute atomic E-state index is 11.8. The molecule has 16 heavy (non-hydrogen) atoms. The molecule has 0 unspecified atom stereocenters. The van der Waals surface area contributed by atoms with Crippen molar-refractivity contribution in [2.45, 2.75) is 44.3 Å². The van der Waals surface area contributed by atoms with Gasteiger partial charge in [0.15, 0.2) is 6.61 Å². The summed E-state index contributed by atoms with van der Waals surface area (Å²) in [5.74, 6) is 0. The van der Waals surface area contributed by atoms with Crippen molar-refractivity contribution in [3.05, 3.63) is 0 Å². The second kappa shape index (κ2) is 5.41. The Morgan fingerprint density at radius 2 is 1.88 bits per heavy atom. The first kappa shape index (κ1) is 13.1. The van der Waals surface area contributed by atoms with Crippen LogP contribution in [-0.4, -0.2) is 36.9 Å². The SMILES string of the molecule is CN(C(=O)OCC(F)(F)F)C1CCCCC1. The highest BCUT2D eigenvalue weighted by atomic mass is 19.4. The highest BCUT2D eigenvalue weighted by Gasteiger charge is 2.31. The van der Waals surface area contributed by atoms with Crippen molar-refractivity contribution < 1.29 is 22.7 Å². The molecule has 1 saturated carbocycles. The zero-order chi connectivity index (χ0) is 12.2. The number of hydrogen-bond acceptors (Lipinski definition) is 2. The Balaban J connectivity index is 2.34. The fourth-order valence-corrected chi connectivity index (χ4v) is 1.86. The van der Waals surface area contributed by atoms with Crippen LogP contribution >= 0.6 is 0 Å². The van der Waals surface area contributed by atoms with E-state index in [4.69, 9.17) is 0 Å². The molecule has 0 heterocycles. The van der Waals surface area contributed by atoms with E-state index < -0.39 is 18.9 Å². The van der Waals surface area contributed by atoms with E-state index in [-0.39, 0.29) is 6.04 Å². The first-order valence-electron chi connectivity index (χ1n) is 5.36. The first-order valence-corrected chi connectivity index (χ1v) is 5.36. The highest BCUT2D eigenvalue weighted by Crippen LogP contribution is 2.22. The standard InChI is InChI=1S/C10H16F3NO2/c1-14(8-5-3-2-4-6-8)9(15)16-7-10(11,12)13/h8H,2-7H2,1H3.